The van der Waals surface area contributed by atoms with Gasteiger partial charge in [0, 0.05) is 51.3 Å². The van der Waals surface area contributed by atoms with Gasteiger partial charge in [-0.15, -0.1) is 0 Å². The van der Waals surface area contributed by atoms with E-state index in [2.05, 4.69) is 75.7 Å². The summed E-state index contributed by atoms with van der Waals surface area (Å²) in [6.45, 7) is 0. The number of benzene rings is 4. The second-order valence-corrected chi connectivity index (χ2v) is 11.6. The van der Waals surface area contributed by atoms with Gasteiger partial charge >= 0.3 is 0 Å². The van der Waals surface area contributed by atoms with E-state index in [1.54, 1.807) is 0 Å². The minimum atomic E-state index is 0.720. The lowest BCUT2D eigenvalue weighted by Crippen LogP contribution is -1.96. The molecule has 0 unspecified atom stereocenters. The van der Waals surface area contributed by atoms with Crippen molar-refractivity contribution in [3.05, 3.63) is 146 Å². The molecule has 0 N–H and O–H groups in total. The highest BCUT2D eigenvalue weighted by Crippen LogP contribution is 2.37. The van der Waals surface area contributed by atoms with Gasteiger partial charge < -0.3 is 4.74 Å². The molecule has 0 radical (unpaired) electrons. The number of nitrogens with zero attached hydrogens (tertiary/aromatic N) is 6. The summed E-state index contributed by atoms with van der Waals surface area (Å²) in [5.74, 6) is 1.44. The van der Waals surface area contributed by atoms with E-state index in [-0.39, 0.29) is 0 Å². The third-order valence-corrected chi connectivity index (χ3v) is 8.90. The molecule has 47 heavy (non-hydrogen) atoms. The van der Waals surface area contributed by atoms with Gasteiger partial charge in [0.1, 0.15) is 34.1 Å². The van der Waals surface area contributed by atoms with E-state index in [9.17, 15) is 0 Å². The van der Waals surface area contributed by atoms with Gasteiger partial charge in [-0.2, -0.15) is 0 Å². The zero-order valence-corrected chi connectivity index (χ0v) is 24.9. The number of hydrogen-bond donors (Lipinski definition) is 0. The molecule has 0 amide bonds. The minimum absolute atomic E-state index is 0.720. The first-order chi connectivity index (χ1) is 23.3. The number of hydrogen-bond acceptors (Lipinski definition) is 5. The first-order valence-electron chi connectivity index (χ1n) is 15.5. The molecule has 4 aromatic carbocycles. The normalized spacial score (nSPS) is 11.8. The highest BCUT2D eigenvalue weighted by Gasteiger charge is 2.17. The van der Waals surface area contributed by atoms with Crippen LogP contribution in [0, 0.1) is 0 Å². The van der Waals surface area contributed by atoms with Gasteiger partial charge in [0.25, 0.3) is 0 Å². The van der Waals surface area contributed by atoms with Gasteiger partial charge in [-0.05, 0) is 71.4 Å². The Hall–Kier alpha value is -6.60. The molecule has 7 nitrogen and oxygen atoms in total. The summed E-state index contributed by atoms with van der Waals surface area (Å²) in [5.41, 5.74) is 7.43. The van der Waals surface area contributed by atoms with Crippen LogP contribution in [0.1, 0.15) is 0 Å². The maximum absolute atomic E-state index is 6.59. The van der Waals surface area contributed by atoms with Crippen LogP contribution < -0.4 is 4.74 Å². The smallest absolute Gasteiger partial charge is 0.147 e. The predicted molar refractivity (Wildman–Crippen MR) is 187 cm³/mol. The number of rotatable bonds is 4. The molecule has 0 aliphatic carbocycles. The quantitative estimate of drug-likeness (QED) is 0.187. The second-order valence-electron chi connectivity index (χ2n) is 11.6. The van der Waals surface area contributed by atoms with Gasteiger partial charge in [0.2, 0.25) is 0 Å². The molecule has 0 saturated carbocycles. The Kier molecular flexibility index (Phi) is 5.44. The van der Waals surface area contributed by atoms with Crippen molar-refractivity contribution in [2.24, 2.45) is 0 Å². The van der Waals surface area contributed by atoms with Crippen molar-refractivity contribution >= 4 is 54.9 Å². The third kappa shape index (κ3) is 3.93. The van der Waals surface area contributed by atoms with Gasteiger partial charge in [0.15, 0.2) is 0 Å². The first kappa shape index (κ1) is 25.7. The molecule has 0 spiro atoms. The zero-order chi connectivity index (χ0) is 30.9. The molecule has 7 heteroatoms. The highest BCUT2D eigenvalue weighted by atomic mass is 16.5. The third-order valence-electron chi connectivity index (χ3n) is 8.90. The molecular weight excluding hydrogens is 580 g/mol. The van der Waals surface area contributed by atoms with Crippen LogP contribution in [0.5, 0.6) is 11.5 Å². The molecule has 0 saturated heterocycles. The Balaban J connectivity index is 1.15. The van der Waals surface area contributed by atoms with Crippen molar-refractivity contribution in [1.29, 1.82) is 0 Å². The van der Waals surface area contributed by atoms with Crippen LogP contribution in [-0.4, -0.2) is 28.7 Å². The topological polar surface area (TPSA) is 69.6 Å². The number of fused-ring (bicyclic) bond motifs is 12. The molecule has 0 bridgehead atoms. The number of ether oxygens (including phenoxy) is 1. The lowest BCUT2D eigenvalue weighted by atomic mass is 10.1. The molecule has 220 valence electrons. The van der Waals surface area contributed by atoms with Crippen molar-refractivity contribution < 1.29 is 4.74 Å². The first-order valence-corrected chi connectivity index (χ1v) is 15.5. The SMILES string of the molecule is c1ccc(-c2cn3c4ncccc4c4ccc(Oc5ccc6c7cccnc7n7c(-c8ccccc8)cnc7c6c5)cc4c3n2)cc1. The summed E-state index contributed by atoms with van der Waals surface area (Å²) in [4.78, 5) is 19.5. The number of imidazole rings is 2. The Morgan fingerprint density at radius 1 is 0.468 bits per heavy atom. The summed E-state index contributed by atoms with van der Waals surface area (Å²) in [7, 11) is 0. The second kappa shape index (κ2) is 9.95. The van der Waals surface area contributed by atoms with Gasteiger partial charge in [-0.25, -0.2) is 19.9 Å². The van der Waals surface area contributed by atoms with Crippen LogP contribution in [0.4, 0.5) is 0 Å². The van der Waals surface area contributed by atoms with Crippen molar-refractivity contribution in [3.63, 3.8) is 0 Å². The van der Waals surface area contributed by atoms with Crippen molar-refractivity contribution in [2.45, 2.75) is 0 Å². The fraction of sp³-hybridized carbons (Fsp3) is 0. The molecule has 0 aliphatic rings. The Bertz CT molecular complexity index is 2770. The monoisotopic (exact) mass is 604 g/mol. The molecule has 6 aromatic heterocycles. The maximum atomic E-state index is 6.59. The van der Waals surface area contributed by atoms with Crippen LogP contribution in [0.25, 0.3) is 77.4 Å². The summed E-state index contributed by atoms with van der Waals surface area (Å²) >= 11 is 0. The average molecular weight is 605 g/mol. The van der Waals surface area contributed by atoms with E-state index in [4.69, 9.17) is 24.7 Å². The fourth-order valence-electron chi connectivity index (χ4n) is 6.78. The van der Waals surface area contributed by atoms with E-state index in [1.165, 1.54) is 0 Å². The highest BCUT2D eigenvalue weighted by molar-refractivity contribution is 6.13. The molecule has 0 atom stereocenters. The predicted octanol–water partition coefficient (Wildman–Crippen LogP) is 9.51. The van der Waals surface area contributed by atoms with Gasteiger partial charge in [0.05, 0.1) is 17.6 Å². The summed E-state index contributed by atoms with van der Waals surface area (Å²) in [6, 6.07) is 41.1. The van der Waals surface area contributed by atoms with Crippen LogP contribution in [0.15, 0.2) is 146 Å². The zero-order valence-electron chi connectivity index (χ0n) is 24.9. The van der Waals surface area contributed by atoms with E-state index < -0.39 is 0 Å². The van der Waals surface area contributed by atoms with Crippen LogP contribution in [0.3, 0.4) is 0 Å². The van der Waals surface area contributed by atoms with Gasteiger partial charge in [-0.3, -0.25) is 8.80 Å². The summed E-state index contributed by atoms with van der Waals surface area (Å²) in [6.07, 6.45) is 7.65. The lowest BCUT2D eigenvalue weighted by Gasteiger charge is -2.13. The average Bonchev–Trinajstić information content (AvgIpc) is 3.79. The Labute approximate surface area is 268 Å². The minimum Gasteiger partial charge on any atom is -0.457 e. The summed E-state index contributed by atoms with van der Waals surface area (Å²) in [5, 5.41) is 6.24. The van der Waals surface area contributed by atoms with Crippen LogP contribution >= 0.6 is 0 Å². The summed E-state index contributed by atoms with van der Waals surface area (Å²) < 4.78 is 10.8. The standard InChI is InChI=1S/C40H24N6O/c1-3-9-25(10-4-1)35-24-45-37-31(13-7-19-41-37)29-17-15-28(22-34(29)40(45)44-35)47-27-16-18-30-32-14-8-20-42-38(32)46-36(26-11-5-2-6-12-26)23-43-39(46)33(30)21-27/h1-24H. The molecule has 0 aliphatic heterocycles. The van der Waals surface area contributed by atoms with Crippen molar-refractivity contribution in [2.75, 3.05) is 0 Å². The Morgan fingerprint density at radius 2 is 1.06 bits per heavy atom. The molecule has 6 heterocycles. The van der Waals surface area contributed by atoms with Gasteiger partial charge in [-0.1, -0.05) is 60.7 Å². The van der Waals surface area contributed by atoms with E-state index >= 15 is 0 Å². The van der Waals surface area contributed by atoms with E-state index in [1.807, 2.05) is 79.3 Å². The fourth-order valence-corrected chi connectivity index (χ4v) is 6.78. The van der Waals surface area contributed by atoms with Crippen molar-refractivity contribution in [3.8, 4) is 34.0 Å². The maximum Gasteiger partial charge on any atom is 0.147 e. The molecular formula is C40H24N6O. The molecule has 10 aromatic rings. The Morgan fingerprint density at radius 3 is 1.77 bits per heavy atom. The van der Waals surface area contributed by atoms with Crippen molar-refractivity contribution in [1.82, 2.24) is 28.7 Å². The van der Waals surface area contributed by atoms with Crippen LogP contribution in [-0.2, 0) is 0 Å². The van der Waals surface area contributed by atoms with Crippen LogP contribution in [0.2, 0.25) is 0 Å². The number of pyridine rings is 4. The largest absolute Gasteiger partial charge is 0.457 e. The van der Waals surface area contributed by atoms with E-state index in [0.29, 0.717) is 0 Å². The van der Waals surface area contributed by atoms with E-state index in [0.717, 1.165) is 88.9 Å². The molecule has 10 rings (SSSR count). The lowest BCUT2D eigenvalue weighted by molar-refractivity contribution is 0.484. The molecule has 0 fully saturated rings. The number of aromatic nitrogens is 6.